The van der Waals surface area contributed by atoms with E-state index in [0.29, 0.717) is 22.6 Å². The van der Waals surface area contributed by atoms with Crippen LogP contribution in [0.4, 0.5) is 5.69 Å². The van der Waals surface area contributed by atoms with Gasteiger partial charge in [-0.05, 0) is 31.2 Å². The number of carbonyl (C=O) groups excluding carboxylic acids is 1. The van der Waals surface area contributed by atoms with E-state index < -0.39 is 0 Å². The molecule has 0 fully saturated rings. The number of benzene rings is 2. The fourth-order valence-electron chi connectivity index (χ4n) is 3.11. The van der Waals surface area contributed by atoms with Gasteiger partial charge in [0.05, 0.1) is 11.4 Å². The highest BCUT2D eigenvalue weighted by Gasteiger charge is 2.18. The van der Waals surface area contributed by atoms with Crippen LogP contribution in [0.3, 0.4) is 0 Å². The van der Waals surface area contributed by atoms with Gasteiger partial charge in [0.1, 0.15) is 5.69 Å². The van der Waals surface area contributed by atoms with E-state index in [1.54, 1.807) is 18.7 Å². The summed E-state index contributed by atoms with van der Waals surface area (Å²) in [4.78, 5) is 25.3. The number of nitrogens with one attached hydrogen (secondary N) is 1. The molecule has 8 nitrogen and oxygen atoms in total. The van der Waals surface area contributed by atoms with E-state index in [4.69, 9.17) is 4.42 Å². The van der Waals surface area contributed by atoms with Gasteiger partial charge in [0.25, 0.3) is 10.8 Å². The summed E-state index contributed by atoms with van der Waals surface area (Å²) in [7, 11) is 1.79. The molecule has 2 aromatic heterocycles. The fourth-order valence-corrected chi connectivity index (χ4v) is 3.81. The number of hydrogen-bond donors (Lipinski definition) is 1. The molecule has 0 aliphatic heterocycles. The quantitative estimate of drug-likeness (QED) is 0.445. The van der Waals surface area contributed by atoms with E-state index in [-0.39, 0.29) is 23.6 Å². The van der Waals surface area contributed by atoms with Crippen LogP contribution < -0.4 is 10.9 Å². The second kappa shape index (κ2) is 9.05. The van der Waals surface area contributed by atoms with Gasteiger partial charge in [-0.1, -0.05) is 48.2 Å². The Labute approximate surface area is 182 Å². The summed E-state index contributed by atoms with van der Waals surface area (Å²) in [6.45, 7) is 1.80. The molecule has 0 aliphatic carbocycles. The zero-order chi connectivity index (χ0) is 21.8. The predicted octanol–water partition coefficient (Wildman–Crippen LogP) is 3.66. The number of thioether (sulfide) groups is 1. The SMILES string of the molecule is Cc1c(NC(=O)CCSc2nnc(-c3ccccc3)o2)c(=O)n(-c2ccccc2)n1C. The Balaban J connectivity index is 1.38. The molecule has 0 saturated carbocycles. The Kier molecular flexibility index (Phi) is 6.03. The van der Waals surface area contributed by atoms with Gasteiger partial charge < -0.3 is 9.73 Å². The molecule has 0 radical (unpaired) electrons. The summed E-state index contributed by atoms with van der Waals surface area (Å²) >= 11 is 1.30. The first kappa shape index (κ1) is 20.7. The molecule has 2 aromatic carbocycles. The maximum atomic E-state index is 12.9. The Hall–Kier alpha value is -3.59. The predicted molar refractivity (Wildman–Crippen MR) is 119 cm³/mol. The minimum absolute atomic E-state index is 0.201. The van der Waals surface area contributed by atoms with Crippen LogP contribution in [-0.2, 0) is 11.8 Å². The molecule has 31 heavy (non-hydrogen) atoms. The van der Waals surface area contributed by atoms with Gasteiger partial charge in [-0.25, -0.2) is 4.68 Å². The van der Waals surface area contributed by atoms with E-state index in [2.05, 4.69) is 15.5 Å². The molecular weight excluding hydrogens is 414 g/mol. The molecular formula is C22H21N5O3S. The van der Waals surface area contributed by atoms with Crippen molar-refractivity contribution in [2.24, 2.45) is 7.05 Å². The van der Waals surface area contributed by atoms with Gasteiger partial charge >= 0.3 is 0 Å². The molecule has 4 rings (SSSR count). The third kappa shape index (κ3) is 4.46. The maximum Gasteiger partial charge on any atom is 0.295 e. The number of nitrogens with zero attached hydrogens (tertiary/aromatic N) is 4. The van der Waals surface area contributed by atoms with Crippen LogP contribution in [0.15, 0.2) is 75.1 Å². The highest BCUT2D eigenvalue weighted by Crippen LogP contribution is 2.23. The van der Waals surface area contributed by atoms with Gasteiger partial charge in [0.15, 0.2) is 0 Å². The standard InChI is InChI=1S/C22H21N5O3S/c1-15-19(21(29)27(26(15)2)17-11-7-4-8-12-17)23-18(28)13-14-31-22-25-24-20(30-22)16-9-5-3-6-10-16/h3-12H,13-14H2,1-2H3,(H,23,28). The molecule has 2 heterocycles. The second-order valence-corrected chi connectivity index (χ2v) is 7.87. The van der Waals surface area contributed by atoms with E-state index >= 15 is 0 Å². The van der Waals surface area contributed by atoms with Crippen LogP contribution in [-0.4, -0.2) is 31.2 Å². The Morgan fingerprint density at radius 1 is 1.06 bits per heavy atom. The smallest absolute Gasteiger partial charge is 0.295 e. The lowest BCUT2D eigenvalue weighted by Gasteiger charge is -2.07. The van der Waals surface area contributed by atoms with E-state index in [9.17, 15) is 9.59 Å². The first-order chi connectivity index (χ1) is 15.0. The number of anilines is 1. The number of amides is 1. The summed E-state index contributed by atoms with van der Waals surface area (Å²) in [5.41, 5.74) is 2.27. The van der Waals surface area contributed by atoms with Gasteiger partial charge in [0, 0.05) is 24.8 Å². The first-order valence-electron chi connectivity index (χ1n) is 9.70. The summed E-state index contributed by atoms with van der Waals surface area (Å²) in [5.74, 6) is 0.635. The lowest BCUT2D eigenvalue weighted by Crippen LogP contribution is -2.23. The summed E-state index contributed by atoms with van der Waals surface area (Å²) < 4.78 is 8.89. The normalized spacial score (nSPS) is 10.9. The highest BCUT2D eigenvalue weighted by molar-refractivity contribution is 7.99. The monoisotopic (exact) mass is 435 g/mol. The van der Waals surface area contributed by atoms with Crippen LogP contribution in [0.1, 0.15) is 12.1 Å². The molecule has 0 spiro atoms. The highest BCUT2D eigenvalue weighted by atomic mass is 32.2. The molecule has 4 aromatic rings. The summed E-state index contributed by atoms with van der Waals surface area (Å²) in [6.07, 6.45) is 0.201. The minimum Gasteiger partial charge on any atom is -0.411 e. The molecule has 0 saturated heterocycles. The van der Waals surface area contributed by atoms with Crippen molar-refractivity contribution in [3.05, 3.63) is 76.7 Å². The molecule has 0 aliphatic rings. The van der Waals surface area contributed by atoms with Crippen LogP contribution >= 0.6 is 11.8 Å². The zero-order valence-corrected chi connectivity index (χ0v) is 17.9. The number of rotatable bonds is 7. The van der Waals surface area contributed by atoms with Crippen molar-refractivity contribution in [1.82, 2.24) is 19.6 Å². The van der Waals surface area contributed by atoms with Crippen molar-refractivity contribution >= 4 is 23.4 Å². The largest absolute Gasteiger partial charge is 0.411 e. The summed E-state index contributed by atoms with van der Waals surface area (Å²) in [6, 6.07) is 18.8. The molecule has 0 bridgehead atoms. The first-order valence-corrected chi connectivity index (χ1v) is 10.7. The number of aromatic nitrogens is 4. The zero-order valence-electron chi connectivity index (χ0n) is 17.1. The van der Waals surface area contributed by atoms with Crippen molar-refractivity contribution in [2.45, 2.75) is 18.6 Å². The Morgan fingerprint density at radius 2 is 1.74 bits per heavy atom. The molecule has 0 unspecified atom stereocenters. The van der Waals surface area contributed by atoms with E-state index in [1.807, 2.05) is 60.7 Å². The van der Waals surface area contributed by atoms with E-state index in [1.165, 1.54) is 16.4 Å². The van der Waals surface area contributed by atoms with Gasteiger partial charge in [-0.15, -0.1) is 10.2 Å². The minimum atomic E-state index is -0.267. The van der Waals surface area contributed by atoms with Crippen molar-refractivity contribution in [2.75, 3.05) is 11.1 Å². The lowest BCUT2D eigenvalue weighted by atomic mass is 10.2. The van der Waals surface area contributed by atoms with Crippen molar-refractivity contribution < 1.29 is 9.21 Å². The fraction of sp³-hybridized carbons (Fsp3) is 0.182. The topological polar surface area (TPSA) is 95.0 Å². The maximum absolute atomic E-state index is 12.9. The molecule has 1 N–H and O–H groups in total. The van der Waals surface area contributed by atoms with Crippen molar-refractivity contribution in [3.8, 4) is 17.1 Å². The van der Waals surface area contributed by atoms with E-state index in [0.717, 1.165) is 11.3 Å². The van der Waals surface area contributed by atoms with Gasteiger partial charge in [-0.2, -0.15) is 0 Å². The van der Waals surface area contributed by atoms with Crippen molar-refractivity contribution in [3.63, 3.8) is 0 Å². The average molecular weight is 436 g/mol. The summed E-state index contributed by atoms with van der Waals surface area (Å²) in [5, 5.41) is 11.2. The number of hydrogen-bond acceptors (Lipinski definition) is 6. The Bertz CT molecular complexity index is 1250. The van der Waals surface area contributed by atoms with Gasteiger partial charge in [0.2, 0.25) is 11.8 Å². The Morgan fingerprint density at radius 3 is 2.45 bits per heavy atom. The van der Waals surface area contributed by atoms with Crippen LogP contribution in [0.5, 0.6) is 0 Å². The molecule has 9 heteroatoms. The van der Waals surface area contributed by atoms with Crippen LogP contribution in [0, 0.1) is 6.92 Å². The van der Waals surface area contributed by atoms with Crippen molar-refractivity contribution in [1.29, 1.82) is 0 Å². The third-order valence-corrected chi connectivity index (χ3v) is 5.62. The molecule has 0 atom stereocenters. The second-order valence-electron chi connectivity index (χ2n) is 6.82. The van der Waals surface area contributed by atoms with Crippen LogP contribution in [0.25, 0.3) is 17.1 Å². The lowest BCUT2D eigenvalue weighted by molar-refractivity contribution is -0.115. The van der Waals surface area contributed by atoms with Crippen LogP contribution in [0.2, 0.25) is 0 Å². The average Bonchev–Trinajstić information content (AvgIpc) is 3.34. The third-order valence-electron chi connectivity index (χ3n) is 4.80. The molecule has 1 amide bonds. The number of carbonyl (C=O) groups is 1. The molecule has 158 valence electrons. The van der Waals surface area contributed by atoms with Gasteiger partial charge in [-0.3, -0.25) is 14.3 Å². The number of para-hydroxylation sites is 1.